The van der Waals surface area contributed by atoms with E-state index in [2.05, 4.69) is 4.74 Å². The van der Waals surface area contributed by atoms with Crippen molar-refractivity contribution in [1.82, 2.24) is 0 Å². The van der Waals surface area contributed by atoms with E-state index in [9.17, 15) is 43.9 Å². The molecule has 1 aliphatic rings. The quantitative estimate of drug-likeness (QED) is 0.712. The van der Waals surface area contributed by atoms with Gasteiger partial charge in [-0.1, -0.05) is 6.92 Å². The first-order valence-corrected chi connectivity index (χ1v) is 5.15. The molecule has 1 aliphatic carbocycles. The molecule has 0 saturated heterocycles. The van der Waals surface area contributed by atoms with Crippen molar-refractivity contribution in [3.8, 4) is 0 Å². The fourth-order valence-corrected chi connectivity index (χ4v) is 1.45. The van der Waals surface area contributed by atoms with Crippen LogP contribution in [-0.4, -0.2) is 42.3 Å². The van der Waals surface area contributed by atoms with Crippen molar-refractivity contribution in [2.75, 3.05) is 6.61 Å². The van der Waals surface area contributed by atoms with Crippen LogP contribution in [0.15, 0.2) is 0 Å². The van der Waals surface area contributed by atoms with Gasteiger partial charge in [-0.25, -0.2) is 17.6 Å². The summed E-state index contributed by atoms with van der Waals surface area (Å²) in [6.45, 7) is -1.45. The topological polar surface area (TPSA) is 9.23 Å². The Labute approximate surface area is 105 Å². The van der Waals surface area contributed by atoms with Crippen molar-refractivity contribution >= 4 is 0 Å². The zero-order valence-corrected chi connectivity index (χ0v) is 9.68. The Kier molecular flexibility index (Phi) is 3.79. The van der Waals surface area contributed by atoms with Gasteiger partial charge in [0.05, 0.1) is 0 Å². The standard InChI is InChI=1S/C9H8F10O/c1-2-5(11,12)3-20-7(15)4(10)6(13,14)8(16,17)9(7,18)19/h4H,2-3H2,1H3. The molecular weight excluding hydrogens is 314 g/mol. The monoisotopic (exact) mass is 322 g/mol. The summed E-state index contributed by atoms with van der Waals surface area (Å²) < 4.78 is 132. The van der Waals surface area contributed by atoms with Crippen LogP contribution in [-0.2, 0) is 4.74 Å². The van der Waals surface area contributed by atoms with Gasteiger partial charge in [-0.05, 0) is 0 Å². The molecule has 0 heterocycles. The van der Waals surface area contributed by atoms with Gasteiger partial charge >= 0.3 is 23.6 Å². The van der Waals surface area contributed by atoms with E-state index in [0.29, 0.717) is 0 Å². The number of halogens is 10. The molecule has 11 heteroatoms. The largest absolute Gasteiger partial charge is 0.381 e. The first-order valence-electron chi connectivity index (χ1n) is 5.15. The minimum Gasteiger partial charge on any atom is -0.332 e. The highest BCUT2D eigenvalue weighted by molar-refractivity contribution is 5.19. The molecule has 1 fully saturated rings. The summed E-state index contributed by atoms with van der Waals surface area (Å²) in [4.78, 5) is 0. The van der Waals surface area contributed by atoms with E-state index in [1.54, 1.807) is 0 Å². The van der Waals surface area contributed by atoms with Crippen molar-refractivity contribution in [1.29, 1.82) is 0 Å². The average Bonchev–Trinajstić information content (AvgIpc) is 2.39. The molecule has 0 aromatic rings. The molecule has 120 valence electrons. The van der Waals surface area contributed by atoms with Gasteiger partial charge in [0, 0.05) is 6.42 Å². The summed E-state index contributed by atoms with van der Waals surface area (Å²) in [7, 11) is 0. The Hall–Kier alpha value is -0.740. The van der Waals surface area contributed by atoms with Gasteiger partial charge in [0.25, 0.3) is 5.92 Å². The fraction of sp³-hybridized carbons (Fsp3) is 1.00. The smallest absolute Gasteiger partial charge is 0.332 e. The van der Waals surface area contributed by atoms with Crippen LogP contribution in [0.4, 0.5) is 43.9 Å². The SMILES string of the molecule is CCC(F)(F)COC1(F)C(F)C(F)(F)C(F)(F)C1(F)F. The summed E-state index contributed by atoms with van der Waals surface area (Å²) in [6, 6.07) is 0. The molecule has 0 aliphatic heterocycles. The highest BCUT2D eigenvalue weighted by atomic mass is 19.4. The van der Waals surface area contributed by atoms with Crippen molar-refractivity contribution in [3.05, 3.63) is 0 Å². The molecule has 0 amide bonds. The molecule has 0 spiro atoms. The van der Waals surface area contributed by atoms with Crippen LogP contribution in [0.5, 0.6) is 0 Å². The molecule has 0 aromatic heterocycles. The molecule has 1 rings (SSSR count). The summed E-state index contributed by atoms with van der Waals surface area (Å²) in [6.07, 6.45) is -5.88. The maximum absolute atomic E-state index is 13.5. The van der Waals surface area contributed by atoms with Crippen LogP contribution in [0, 0.1) is 0 Å². The van der Waals surface area contributed by atoms with Gasteiger partial charge in [-0.2, -0.15) is 26.3 Å². The van der Waals surface area contributed by atoms with E-state index in [4.69, 9.17) is 0 Å². The molecule has 2 unspecified atom stereocenters. The highest BCUT2D eigenvalue weighted by Crippen LogP contribution is 2.63. The predicted molar refractivity (Wildman–Crippen MR) is 44.8 cm³/mol. The van der Waals surface area contributed by atoms with Crippen LogP contribution in [0.25, 0.3) is 0 Å². The van der Waals surface area contributed by atoms with Gasteiger partial charge in [0.15, 0.2) is 0 Å². The Bertz CT molecular complexity index is 381. The molecule has 2 atom stereocenters. The van der Waals surface area contributed by atoms with Gasteiger partial charge in [-0.15, -0.1) is 0 Å². The van der Waals surface area contributed by atoms with Crippen molar-refractivity contribution in [2.45, 2.75) is 49.1 Å². The fourth-order valence-electron chi connectivity index (χ4n) is 1.45. The van der Waals surface area contributed by atoms with Gasteiger partial charge in [0.2, 0.25) is 6.17 Å². The number of ether oxygens (including phenoxy) is 1. The summed E-state index contributed by atoms with van der Waals surface area (Å²) >= 11 is 0. The molecule has 1 nitrogen and oxygen atoms in total. The third kappa shape index (κ3) is 1.96. The number of alkyl halides is 10. The number of hydrogen-bond acceptors (Lipinski definition) is 1. The lowest BCUT2D eigenvalue weighted by molar-refractivity contribution is -0.338. The third-order valence-electron chi connectivity index (χ3n) is 2.90. The van der Waals surface area contributed by atoms with Crippen LogP contribution in [0.1, 0.15) is 13.3 Å². The Morgan fingerprint density at radius 3 is 1.70 bits per heavy atom. The molecule has 0 aromatic carbocycles. The summed E-state index contributed by atoms with van der Waals surface area (Å²) in [5.74, 6) is -28.4. The number of rotatable bonds is 4. The molecular formula is C9H8F10O. The molecule has 0 N–H and O–H groups in total. The highest BCUT2D eigenvalue weighted by Gasteiger charge is 2.94. The second-order valence-electron chi connectivity index (χ2n) is 4.28. The number of hydrogen-bond donors (Lipinski definition) is 0. The lowest BCUT2D eigenvalue weighted by Gasteiger charge is -2.30. The predicted octanol–water partition coefficient (Wildman–Crippen LogP) is 3.97. The van der Waals surface area contributed by atoms with Gasteiger partial charge in [0.1, 0.15) is 6.61 Å². The van der Waals surface area contributed by atoms with Crippen LogP contribution < -0.4 is 0 Å². The van der Waals surface area contributed by atoms with E-state index >= 15 is 0 Å². The molecule has 0 bridgehead atoms. The lowest BCUT2D eigenvalue weighted by Crippen LogP contribution is -2.54. The molecule has 1 saturated carbocycles. The van der Waals surface area contributed by atoms with E-state index < -0.39 is 48.7 Å². The zero-order valence-electron chi connectivity index (χ0n) is 9.68. The van der Waals surface area contributed by atoms with Crippen LogP contribution in [0.2, 0.25) is 0 Å². The van der Waals surface area contributed by atoms with Gasteiger partial charge < -0.3 is 4.74 Å². The van der Waals surface area contributed by atoms with Crippen LogP contribution in [0.3, 0.4) is 0 Å². The minimum absolute atomic E-state index is 0.803. The molecule has 20 heavy (non-hydrogen) atoms. The molecule has 0 radical (unpaired) electrons. The van der Waals surface area contributed by atoms with E-state index in [0.717, 1.165) is 6.92 Å². The van der Waals surface area contributed by atoms with Crippen molar-refractivity contribution in [2.24, 2.45) is 0 Å². The van der Waals surface area contributed by atoms with E-state index in [1.165, 1.54) is 0 Å². The Morgan fingerprint density at radius 1 is 0.950 bits per heavy atom. The zero-order chi connectivity index (χ0) is 16.2. The van der Waals surface area contributed by atoms with Crippen molar-refractivity contribution < 1.29 is 48.6 Å². The lowest BCUT2D eigenvalue weighted by atomic mass is 10.1. The maximum Gasteiger partial charge on any atom is 0.381 e. The second-order valence-corrected chi connectivity index (χ2v) is 4.28. The Morgan fingerprint density at radius 2 is 1.40 bits per heavy atom. The Balaban J connectivity index is 3.16. The van der Waals surface area contributed by atoms with Crippen molar-refractivity contribution in [3.63, 3.8) is 0 Å². The normalized spacial score (nSPS) is 35.2. The van der Waals surface area contributed by atoms with E-state index in [-0.39, 0.29) is 0 Å². The average molecular weight is 322 g/mol. The summed E-state index contributed by atoms with van der Waals surface area (Å²) in [5.41, 5.74) is 0. The van der Waals surface area contributed by atoms with E-state index in [1.807, 2.05) is 0 Å². The minimum atomic E-state index is -6.42. The third-order valence-corrected chi connectivity index (χ3v) is 2.90. The summed E-state index contributed by atoms with van der Waals surface area (Å²) in [5, 5.41) is 0. The maximum atomic E-state index is 13.5. The second kappa shape index (κ2) is 4.38. The first kappa shape index (κ1) is 17.3. The van der Waals surface area contributed by atoms with Gasteiger partial charge in [-0.3, -0.25) is 0 Å². The first-order chi connectivity index (χ1) is 8.67. The van der Waals surface area contributed by atoms with Crippen LogP contribution >= 0.6 is 0 Å².